The molecule has 1 saturated carbocycles. The van der Waals surface area contributed by atoms with Gasteiger partial charge in [-0.15, -0.1) is 11.3 Å². The maximum atomic E-state index is 13.3. The number of aromatic nitrogens is 1. The largest absolute Gasteiger partial charge is 0.353 e. The average Bonchev–Trinajstić information content (AvgIpc) is 3.26. The number of para-hydroxylation sites is 1. The molecule has 0 spiro atoms. The second kappa shape index (κ2) is 8.07. The van der Waals surface area contributed by atoms with E-state index in [9.17, 15) is 9.18 Å². The van der Waals surface area contributed by atoms with Crippen molar-refractivity contribution in [1.82, 2.24) is 9.88 Å². The maximum absolute atomic E-state index is 13.3. The summed E-state index contributed by atoms with van der Waals surface area (Å²) in [6.07, 6.45) is 4.79. The number of nitrogens with one attached hydrogen (secondary N) is 1. The van der Waals surface area contributed by atoms with Crippen LogP contribution in [0.4, 0.5) is 4.39 Å². The minimum atomic E-state index is -0.226. The van der Waals surface area contributed by atoms with Gasteiger partial charge in [-0.3, -0.25) is 4.79 Å². The van der Waals surface area contributed by atoms with Gasteiger partial charge in [-0.25, -0.2) is 4.39 Å². The SMILES string of the molecule is O=C(CC(c1cccs1)c1cn(Cc2ccc(F)cc2)c2ccccc12)NC1CC1. The Morgan fingerprint density at radius 2 is 1.90 bits per heavy atom. The summed E-state index contributed by atoms with van der Waals surface area (Å²) >= 11 is 1.69. The number of hydrogen-bond acceptors (Lipinski definition) is 2. The van der Waals surface area contributed by atoms with Gasteiger partial charge in [0, 0.05) is 46.9 Å². The summed E-state index contributed by atoms with van der Waals surface area (Å²) < 4.78 is 15.5. The first-order valence-electron chi connectivity index (χ1n) is 10.3. The minimum absolute atomic E-state index is 0.0168. The van der Waals surface area contributed by atoms with E-state index in [1.54, 1.807) is 11.3 Å². The van der Waals surface area contributed by atoms with Crippen LogP contribution in [0.25, 0.3) is 10.9 Å². The number of nitrogens with zero attached hydrogens (tertiary/aromatic N) is 1. The number of fused-ring (bicyclic) bond motifs is 1. The summed E-state index contributed by atoms with van der Waals surface area (Å²) in [5.41, 5.74) is 3.34. The van der Waals surface area contributed by atoms with Gasteiger partial charge in [-0.1, -0.05) is 36.4 Å². The minimum Gasteiger partial charge on any atom is -0.353 e. The van der Waals surface area contributed by atoms with Gasteiger partial charge in [-0.05, 0) is 53.6 Å². The topological polar surface area (TPSA) is 34.0 Å². The first-order chi connectivity index (χ1) is 14.7. The molecule has 2 heterocycles. The molecular formula is C25H23FN2OS. The van der Waals surface area contributed by atoms with Crippen LogP contribution in [0.1, 0.15) is 41.2 Å². The molecule has 152 valence electrons. The first kappa shape index (κ1) is 19.1. The fraction of sp³-hybridized carbons (Fsp3) is 0.240. The van der Waals surface area contributed by atoms with Crippen molar-refractivity contribution in [1.29, 1.82) is 0 Å². The van der Waals surface area contributed by atoms with Crippen LogP contribution in [0, 0.1) is 5.82 Å². The van der Waals surface area contributed by atoms with Crippen LogP contribution in [-0.2, 0) is 11.3 Å². The molecule has 0 bridgehead atoms. The van der Waals surface area contributed by atoms with Crippen molar-refractivity contribution < 1.29 is 9.18 Å². The molecule has 0 radical (unpaired) electrons. The molecule has 2 aromatic carbocycles. The molecule has 0 saturated heterocycles. The molecule has 30 heavy (non-hydrogen) atoms. The van der Waals surface area contributed by atoms with Gasteiger partial charge in [0.2, 0.25) is 5.91 Å². The summed E-state index contributed by atoms with van der Waals surface area (Å²) in [4.78, 5) is 13.9. The van der Waals surface area contributed by atoms with Crippen molar-refractivity contribution in [2.45, 2.75) is 37.8 Å². The average molecular weight is 419 g/mol. The lowest BCUT2D eigenvalue weighted by molar-refractivity contribution is -0.121. The van der Waals surface area contributed by atoms with E-state index >= 15 is 0 Å². The zero-order valence-corrected chi connectivity index (χ0v) is 17.4. The normalized spacial score (nSPS) is 14.7. The van der Waals surface area contributed by atoms with E-state index in [2.05, 4.69) is 39.7 Å². The van der Waals surface area contributed by atoms with E-state index in [0.717, 1.165) is 29.3 Å². The summed E-state index contributed by atoms with van der Waals surface area (Å²) in [5.74, 6) is -0.0920. The fourth-order valence-corrected chi connectivity index (χ4v) is 4.87. The van der Waals surface area contributed by atoms with E-state index in [1.165, 1.54) is 22.6 Å². The van der Waals surface area contributed by atoms with Crippen LogP contribution in [0.2, 0.25) is 0 Å². The van der Waals surface area contributed by atoms with Crippen LogP contribution in [0.15, 0.2) is 72.2 Å². The molecular weight excluding hydrogens is 395 g/mol. The molecule has 3 nitrogen and oxygen atoms in total. The Morgan fingerprint density at radius 1 is 1.10 bits per heavy atom. The van der Waals surface area contributed by atoms with E-state index in [4.69, 9.17) is 0 Å². The lowest BCUT2D eigenvalue weighted by Gasteiger charge is -2.15. The predicted octanol–water partition coefficient (Wildman–Crippen LogP) is 5.69. The van der Waals surface area contributed by atoms with Gasteiger partial charge in [0.05, 0.1) is 0 Å². The van der Waals surface area contributed by atoms with Crippen LogP contribution in [0.5, 0.6) is 0 Å². The molecule has 1 aliphatic carbocycles. The van der Waals surface area contributed by atoms with Gasteiger partial charge in [-0.2, -0.15) is 0 Å². The summed E-state index contributed by atoms with van der Waals surface area (Å²) in [7, 11) is 0. The summed E-state index contributed by atoms with van der Waals surface area (Å²) in [6.45, 7) is 0.659. The molecule has 1 atom stereocenters. The highest BCUT2D eigenvalue weighted by Crippen LogP contribution is 2.37. The van der Waals surface area contributed by atoms with Crippen molar-refractivity contribution in [3.05, 3.63) is 94.1 Å². The van der Waals surface area contributed by atoms with Gasteiger partial charge in [0.25, 0.3) is 0 Å². The highest BCUT2D eigenvalue weighted by atomic mass is 32.1. The van der Waals surface area contributed by atoms with E-state index in [1.807, 2.05) is 30.3 Å². The second-order valence-electron chi connectivity index (χ2n) is 7.97. The molecule has 5 rings (SSSR count). The molecule has 4 aromatic rings. The number of amides is 1. The third-order valence-electron chi connectivity index (χ3n) is 5.68. The molecule has 1 amide bonds. The third-order valence-corrected chi connectivity index (χ3v) is 6.67. The number of rotatable bonds is 7. The van der Waals surface area contributed by atoms with E-state index < -0.39 is 0 Å². The Bertz CT molecular complexity index is 1160. The van der Waals surface area contributed by atoms with Crippen molar-refractivity contribution >= 4 is 28.1 Å². The highest BCUT2D eigenvalue weighted by molar-refractivity contribution is 7.10. The van der Waals surface area contributed by atoms with Gasteiger partial charge < -0.3 is 9.88 Å². The molecule has 1 fully saturated rings. The number of halogens is 1. The smallest absolute Gasteiger partial charge is 0.221 e. The Kier molecular flexibility index (Phi) is 5.13. The molecule has 5 heteroatoms. The second-order valence-corrected chi connectivity index (χ2v) is 8.95. The zero-order valence-electron chi connectivity index (χ0n) is 16.6. The zero-order chi connectivity index (χ0) is 20.5. The van der Waals surface area contributed by atoms with Crippen molar-refractivity contribution in [2.75, 3.05) is 0 Å². The Labute approximate surface area is 179 Å². The number of thiophene rings is 1. The first-order valence-corrected chi connectivity index (χ1v) is 11.2. The molecule has 1 N–H and O–H groups in total. The quantitative estimate of drug-likeness (QED) is 0.411. The summed E-state index contributed by atoms with van der Waals surface area (Å²) in [6, 6.07) is 19.5. The third kappa shape index (κ3) is 4.03. The fourth-order valence-electron chi connectivity index (χ4n) is 4.02. The van der Waals surface area contributed by atoms with Crippen LogP contribution < -0.4 is 5.32 Å². The van der Waals surface area contributed by atoms with Crippen LogP contribution in [0.3, 0.4) is 0 Å². The van der Waals surface area contributed by atoms with E-state index in [-0.39, 0.29) is 17.6 Å². The maximum Gasteiger partial charge on any atom is 0.221 e. The van der Waals surface area contributed by atoms with Crippen LogP contribution >= 0.6 is 11.3 Å². The predicted molar refractivity (Wildman–Crippen MR) is 119 cm³/mol. The highest BCUT2D eigenvalue weighted by Gasteiger charge is 2.27. The molecule has 0 aliphatic heterocycles. The number of benzene rings is 2. The molecule has 1 unspecified atom stereocenters. The summed E-state index contributed by atoms with van der Waals surface area (Å²) in [5, 5.41) is 6.37. The lowest BCUT2D eigenvalue weighted by Crippen LogP contribution is -2.27. The van der Waals surface area contributed by atoms with Crippen molar-refractivity contribution in [2.24, 2.45) is 0 Å². The van der Waals surface area contributed by atoms with E-state index in [0.29, 0.717) is 19.0 Å². The Hall–Kier alpha value is -2.92. The Balaban J connectivity index is 1.53. The Morgan fingerprint density at radius 3 is 2.63 bits per heavy atom. The molecule has 2 aromatic heterocycles. The monoisotopic (exact) mass is 418 g/mol. The number of carbonyl (C=O) groups is 1. The van der Waals surface area contributed by atoms with Crippen molar-refractivity contribution in [3.63, 3.8) is 0 Å². The van der Waals surface area contributed by atoms with Gasteiger partial charge >= 0.3 is 0 Å². The standard InChI is InChI=1S/C25H23FN2OS/c26-18-9-7-17(8-10-18)15-28-16-22(20-4-1-2-5-23(20)28)21(24-6-3-13-30-24)14-25(29)27-19-11-12-19/h1-10,13,16,19,21H,11-12,14-15H2,(H,27,29). The molecule has 1 aliphatic rings. The number of hydrogen-bond donors (Lipinski definition) is 1. The van der Waals surface area contributed by atoms with Crippen LogP contribution in [-0.4, -0.2) is 16.5 Å². The van der Waals surface area contributed by atoms with Crippen molar-refractivity contribution in [3.8, 4) is 0 Å². The lowest BCUT2D eigenvalue weighted by atomic mass is 9.93. The van der Waals surface area contributed by atoms with Gasteiger partial charge in [0.15, 0.2) is 0 Å². The number of carbonyl (C=O) groups excluding carboxylic acids is 1. The van der Waals surface area contributed by atoms with Gasteiger partial charge in [0.1, 0.15) is 5.82 Å².